The number of guanidine groups is 1. The molecule has 1 aromatic heterocycles. The summed E-state index contributed by atoms with van der Waals surface area (Å²) >= 11 is 0. The Hall–Kier alpha value is -7.60. The number of hydrogen-bond acceptors (Lipinski definition) is 13. The number of hydroxylamine groups is 1. The predicted molar refractivity (Wildman–Crippen MR) is 271 cm³/mol. The van der Waals surface area contributed by atoms with E-state index >= 15 is 0 Å². The summed E-state index contributed by atoms with van der Waals surface area (Å²) in [6, 6.07) is 5.57. The SMILES string of the molecule is CCCC[C@H](NC(C)=O)C(=O)N[C@H]1CCC(=O)ONCCCC[C@@H](C(N)=O)NC(=O)[C@H](Cc2c[nH]c3ccccc23)NC(=O)[C@H](CCCN=C(N)N)NC(=O)[C@@H](Cc2ccccc2)NC(=O)[C@H](C(C)N)NC1=O. The van der Waals surface area contributed by atoms with Gasteiger partial charge in [-0.05, 0) is 69.1 Å². The van der Waals surface area contributed by atoms with Gasteiger partial charge in [0.05, 0.1) is 0 Å². The van der Waals surface area contributed by atoms with Gasteiger partial charge in [0, 0.05) is 62.4 Å². The highest BCUT2D eigenvalue weighted by Gasteiger charge is 2.36. The summed E-state index contributed by atoms with van der Waals surface area (Å²) < 4.78 is 0. The van der Waals surface area contributed by atoms with Gasteiger partial charge in [-0.15, -0.1) is 0 Å². The Morgan fingerprint density at radius 1 is 0.781 bits per heavy atom. The number of nitrogens with two attached hydrogens (primary N) is 4. The van der Waals surface area contributed by atoms with Crippen molar-refractivity contribution in [2.45, 2.75) is 146 Å². The zero-order chi connectivity index (χ0) is 53.5. The van der Waals surface area contributed by atoms with Crippen molar-refractivity contribution in [1.82, 2.24) is 47.7 Å². The number of carbonyl (C=O) groups is 9. The lowest BCUT2D eigenvalue weighted by Crippen LogP contribution is -2.63. The van der Waals surface area contributed by atoms with Crippen LogP contribution in [0.25, 0.3) is 10.9 Å². The number of nitrogens with one attached hydrogen (secondary N) is 9. The molecule has 24 heteroatoms. The third kappa shape index (κ3) is 19.5. The van der Waals surface area contributed by atoms with Crippen LogP contribution in [0.5, 0.6) is 0 Å². The molecule has 8 amide bonds. The minimum absolute atomic E-state index is 0.0567. The molecule has 398 valence electrons. The van der Waals surface area contributed by atoms with E-state index in [9.17, 15) is 43.2 Å². The summed E-state index contributed by atoms with van der Waals surface area (Å²) in [4.78, 5) is 136. The molecule has 73 heavy (non-hydrogen) atoms. The molecule has 0 spiro atoms. The summed E-state index contributed by atoms with van der Waals surface area (Å²) in [5.41, 5.74) is 27.8. The third-order valence-electron chi connectivity index (χ3n) is 12.0. The number of unbranched alkanes of at least 4 members (excludes halogenated alkanes) is 1. The molecule has 1 fully saturated rings. The molecule has 3 aromatic rings. The summed E-state index contributed by atoms with van der Waals surface area (Å²) in [7, 11) is 0. The number of aromatic nitrogens is 1. The van der Waals surface area contributed by atoms with Crippen LogP contribution < -0.4 is 65.6 Å². The number of H-pyrrole nitrogens is 1. The maximum absolute atomic E-state index is 14.6. The lowest BCUT2D eigenvalue weighted by molar-refractivity contribution is -0.151. The lowest BCUT2D eigenvalue weighted by Gasteiger charge is -2.29. The van der Waals surface area contributed by atoms with Crippen LogP contribution in [-0.4, -0.2) is 126 Å². The standard InChI is InChI=1S/C49H72N14O10/c1-4-5-17-35(57-29(3)64)43(67)60-37-21-22-40(65)73-56-24-12-11-19-34(42(51)66)58-47(71)39(26-31-27-55-33-18-10-9-16-32(31)33)61-44(68)36(20-13-23-54-49(52)53)59-46(70)38(25-30-14-7-6-8-15-30)62-48(72)41(28(2)50)63-45(37)69/h6-10,14-16,18,27-28,34-39,41,55-56H,4-5,11-13,17,19-26,50H2,1-3H3,(H2,51,66)(H,57,64)(H,58,71)(H,59,70)(H,60,67)(H,61,68)(H,62,72)(H,63,69)(H4,52,53,54)/t28?,34-,35-,36-,37-,38+,39-,41-/m0/s1. The molecule has 1 aliphatic rings. The van der Waals surface area contributed by atoms with Gasteiger partial charge in [0.25, 0.3) is 0 Å². The molecule has 1 aliphatic heterocycles. The molecule has 8 atom stereocenters. The number of fused-ring (bicyclic) bond motifs is 1. The van der Waals surface area contributed by atoms with E-state index in [1.54, 1.807) is 36.5 Å². The summed E-state index contributed by atoms with van der Waals surface area (Å²) in [5, 5.41) is 19.4. The molecule has 0 saturated carbocycles. The zero-order valence-electron chi connectivity index (χ0n) is 41.6. The molecule has 0 radical (unpaired) electrons. The molecule has 0 aliphatic carbocycles. The number of primary amides is 1. The van der Waals surface area contributed by atoms with Gasteiger partial charge in [0.2, 0.25) is 47.3 Å². The van der Waals surface area contributed by atoms with E-state index in [4.69, 9.17) is 27.8 Å². The van der Waals surface area contributed by atoms with Crippen LogP contribution in [0.4, 0.5) is 0 Å². The second kappa shape index (κ2) is 29.7. The van der Waals surface area contributed by atoms with E-state index < -0.39 is 108 Å². The van der Waals surface area contributed by atoms with Gasteiger partial charge >= 0.3 is 5.97 Å². The Morgan fingerprint density at radius 3 is 2.12 bits per heavy atom. The fourth-order valence-electron chi connectivity index (χ4n) is 8.07. The second-order valence-corrected chi connectivity index (χ2v) is 18.1. The van der Waals surface area contributed by atoms with Gasteiger partial charge in [-0.2, -0.15) is 5.48 Å². The highest BCUT2D eigenvalue weighted by atomic mass is 16.7. The van der Waals surface area contributed by atoms with E-state index in [1.807, 2.05) is 31.2 Å². The first-order chi connectivity index (χ1) is 34.9. The van der Waals surface area contributed by atoms with Gasteiger partial charge in [0.1, 0.15) is 42.3 Å². The fraction of sp³-hybridized carbons (Fsp3) is 0.510. The number of nitrogens with zero attached hydrogens (tertiary/aromatic N) is 1. The maximum atomic E-state index is 14.6. The number of carbonyl (C=O) groups excluding carboxylic acids is 9. The molecule has 2 aromatic carbocycles. The average Bonchev–Trinajstić information content (AvgIpc) is 3.76. The van der Waals surface area contributed by atoms with Gasteiger partial charge in [0.15, 0.2) is 5.96 Å². The Morgan fingerprint density at radius 2 is 1.44 bits per heavy atom. The van der Waals surface area contributed by atoms with E-state index in [1.165, 1.54) is 13.8 Å². The number of rotatable bonds is 16. The smallest absolute Gasteiger partial charge is 0.324 e. The van der Waals surface area contributed by atoms with Crippen LogP contribution in [0.1, 0.15) is 96.1 Å². The Labute approximate surface area is 423 Å². The average molecular weight is 1020 g/mol. The number of amides is 8. The highest BCUT2D eigenvalue weighted by Crippen LogP contribution is 2.20. The van der Waals surface area contributed by atoms with E-state index in [0.717, 1.165) is 10.9 Å². The first-order valence-electron chi connectivity index (χ1n) is 24.6. The molecule has 1 unspecified atom stereocenters. The molecular weight excluding hydrogens is 945 g/mol. The Bertz CT molecular complexity index is 2390. The van der Waals surface area contributed by atoms with Crippen molar-refractivity contribution >= 4 is 70.1 Å². The van der Waals surface area contributed by atoms with Crippen LogP contribution in [0.3, 0.4) is 0 Å². The van der Waals surface area contributed by atoms with Crippen molar-refractivity contribution in [3.8, 4) is 0 Å². The van der Waals surface area contributed by atoms with Crippen molar-refractivity contribution in [2.24, 2.45) is 27.9 Å². The lowest BCUT2D eigenvalue weighted by atomic mass is 10.0. The molecule has 0 bridgehead atoms. The van der Waals surface area contributed by atoms with E-state index in [-0.39, 0.29) is 64.0 Å². The van der Waals surface area contributed by atoms with Crippen molar-refractivity contribution in [3.63, 3.8) is 0 Å². The molecular formula is C49H72N14O10. The van der Waals surface area contributed by atoms with E-state index in [0.29, 0.717) is 36.8 Å². The highest BCUT2D eigenvalue weighted by molar-refractivity contribution is 5.98. The molecule has 2 heterocycles. The largest absolute Gasteiger partial charge is 0.371 e. The number of benzene rings is 2. The number of aromatic amines is 1. The molecule has 1 saturated heterocycles. The molecule has 4 rings (SSSR count). The first kappa shape index (κ1) is 58.0. The quantitative estimate of drug-likeness (QED) is 0.0440. The van der Waals surface area contributed by atoms with Crippen molar-refractivity contribution < 1.29 is 48.0 Å². The minimum atomic E-state index is -1.53. The van der Waals surface area contributed by atoms with Crippen molar-refractivity contribution in [3.05, 3.63) is 71.9 Å². The minimum Gasteiger partial charge on any atom is -0.371 e. The van der Waals surface area contributed by atoms with Crippen LogP contribution in [-0.2, 0) is 60.8 Å². The van der Waals surface area contributed by atoms with Gasteiger partial charge in [-0.3, -0.25) is 48.1 Å². The maximum Gasteiger partial charge on any atom is 0.324 e. The van der Waals surface area contributed by atoms with E-state index in [2.05, 4.69) is 52.7 Å². The van der Waals surface area contributed by atoms with Crippen LogP contribution in [0.15, 0.2) is 65.8 Å². The number of hydrogen-bond donors (Lipinski definition) is 13. The second-order valence-electron chi connectivity index (χ2n) is 18.1. The van der Waals surface area contributed by atoms with Crippen molar-refractivity contribution in [1.29, 1.82) is 0 Å². The van der Waals surface area contributed by atoms with Gasteiger partial charge in [-0.25, -0.2) is 0 Å². The van der Waals surface area contributed by atoms with Gasteiger partial charge in [-0.1, -0.05) is 68.3 Å². The third-order valence-corrected chi connectivity index (χ3v) is 12.0. The summed E-state index contributed by atoms with van der Waals surface area (Å²) in [5.74, 6) is -7.25. The van der Waals surface area contributed by atoms with Crippen LogP contribution >= 0.6 is 0 Å². The summed E-state index contributed by atoms with van der Waals surface area (Å²) in [6.07, 6.45) is 3.11. The fourth-order valence-corrected chi connectivity index (χ4v) is 8.07. The molecule has 24 nitrogen and oxygen atoms in total. The summed E-state index contributed by atoms with van der Waals surface area (Å²) in [6.45, 7) is 4.75. The van der Waals surface area contributed by atoms with Crippen molar-refractivity contribution in [2.75, 3.05) is 13.1 Å². The van der Waals surface area contributed by atoms with Gasteiger partial charge < -0.3 is 70.0 Å². The van der Waals surface area contributed by atoms with Crippen LogP contribution in [0.2, 0.25) is 0 Å². The predicted octanol–water partition coefficient (Wildman–Crippen LogP) is -1.55. The normalized spacial score (nSPS) is 22.2. The Balaban J connectivity index is 1.75. The van der Waals surface area contributed by atoms with Crippen LogP contribution in [0, 0.1) is 0 Å². The zero-order valence-corrected chi connectivity index (χ0v) is 41.6. The number of aliphatic imine (C=N–C) groups is 1. The topological polar surface area (TPSA) is 391 Å². The monoisotopic (exact) mass is 1020 g/mol. The first-order valence-corrected chi connectivity index (χ1v) is 24.6. The molecule has 17 N–H and O–H groups in total. The Kier molecular flexibility index (Phi) is 23.6. The number of para-hydroxylation sites is 1.